The van der Waals surface area contributed by atoms with Crippen molar-refractivity contribution in [3.63, 3.8) is 0 Å². The Morgan fingerprint density at radius 3 is 2.09 bits per heavy atom. The zero-order chi connectivity index (χ0) is 18.4. The van der Waals surface area contributed by atoms with Crippen molar-refractivity contribution >= 4 is 18.2 Å². The largest absolute Gasteiger partial charge is 0.347 e. The molecule has 0 bridgehead atoms. The maximum atomic E-state index is 12.6. The molecule has 0 spiro atoms. The molecular weight excluding hydrogens is 298 g/mol. The van der Waals surface area contributed by atoms with E-state index in [-0.39, 0.29) is 30.7 Å². The standard InChI is InChI=1S/C16H31N3O4/c1-11(2)8-12(9-19(23)10-20)14(21)17-13(16(3,4)5)15(22)18(6)7/h10-13,23H,8-9H2,1-7H3,(H,17,21)/t12?,13-/m1/s1. The number of hydrogen-bond acceptors (Lipinski definition) is 4. The quantitative estimate of drug-likeness (QED) is 0.397. The smallest absolute Gasteiger partial charge is 0.245 e. The highest BCUT2D eigenvalue weighted by Gasteiger charge is 2.35. The van der Waals surface area contributed by atoms with Gasteiger partial charge < -0.3 is 10.2 Å². The molecule has 0 aromatic heterocycles. The molecule has 0 saturated heterocycles. The van der Waals surface area contributed by atoms with Crippen LogP contribution in [0.3, 0.4) is 0 Å². The van der Waals surface area contributed by atoms with E-state index in [1.807, 2.05) is 34.6 Å². The zero-order valence-electron chi connectivity index (χ0n) is 15.3. The van der Waals surface area contributed by atoms with Crippen LogP contribution in [0.1, 0.15) is 41.0 Å². The summed E-state index contributed by atoms with van der Waals surface area (Å²) in [5, 5.41) is 12.6. The topological polar surface area (TPSA) is 90.0 Å². The number of carbonyl (C=O) groups is 3. The van der Waals surface area contributed by atoms with Gasteiger partial charge in [-0.2, -0.15) is 0 Å². The van der Waals surface area contributed by atoms with E-state index in [9.17, 15) is 19.6 Å². The fourth-order valence-corrected chi connectivity index (χ4v) is 2.27. The average Bonchev–Trinajstić information content (AvgIpc) is 2.40. The maximum Gasteiger partial charge on any atom is 0.245 e. The van der Waals surface area contributed by atoms with Gasteiger partial charge in [-0.3, -0.25) is 19.6 Å². The van der Waals surface area contributed by atoms with E-state index >= 15 is 0 Å². The van der Waals surface area contributed by atoms with Crippen LogP contribution in [0, 0.1) is 17.3 Å². The Balaban J connectivity index is 5.23. The molecule has 7 nitrogen and oxygen atoms in total. The van der Waals surface area contributed by atoms with Crippen molar-refractivity contribution in [2.24, 2.45) is 17.3 Å². The molecule has 23 heavy (non-hydrogen) atoms. The first kappa shape index (κ1) is 21.4. The lowest BCUT2D eigenvalue weighted by atomic mass is 9.85. The summed E-state index contributed by atoms with van der Waals surface area (Å²) >= 11 is 0. The summed E-state index contributed by atoms with van der Waals surface area (Å²) in [7, 11) is 3.28. The lowest BCUT2D eigenvalue weighted by Gasteiger charge is -2.33. The fourth-order valence-electron chi connectivity index (χ4n) is 2.27. The number of nitrogens with one attached hydrogen (secondary N) is 1. The molecule has 0 heterocycles. The molecule has 7 heteroatoms. The number of rotatable bonds is 8. The highest BCUT2D eigenvalue weighted by molar-refractivity contribution is 5.89. The Hall–Kier alpha value is -1.63. The van der Waals surface area contributed by atoms with Gasteiger partial charge in [0.25, 0.3) is 0 Å². The van der Waals surface area contributed by atoms with Crippen LogP contribution >= 0.6 is 0 Å². The predicted molar refractivity (Wildman–Crippen MR) is 87.6 cm³/mol. The van der Waals surface area contributed by atoms with Crippen LogP contribution < -0.4 is 5.32 Å². The van der Waals surface area contributed by atoms with Gasteiger partial charge in [-0.1, -0.05) is 34.6 Å². The summed E-state index contributed by atoms with van der Waals surface area (Å²) in [5.41, 5.74) is -0.455. The Labute approximate surface area is 139 Å². The Morgan fingerprint density at radius 1 is 1.22 bits per heavy atom. The number of likely N-dealkylation sites (N-methyl/N-ethyl adjacent to an activating group) is 1. The van der Waals surface area contributed by atoms with Gasteiger partial charge >= 0.3 is 0 Å². The molecule has 0 saturated carbocycles. The number of hydroxylamine groups is 2. The third kappa shape index (κ3) is 7.45. The molecular formula is C16H31N3O4. The highest BCUT2D eigenvalue weighted by Crippen LogP contribution is 2.22. The average molecular weight is 329 g/mol. The molecule has 0 radical (unpaired) electrons. The van der Waals surface area contributed by atoms with E-state index in [4.69, 9.17) is 0 Å². The van der Waals surface area contributed by atoms with Gasteiger partial charge in [0.05, 0.1) is 12.5 Å². The van der Waals surface area contributed by atoms with Crippen LogP contribution in [-0.2, 0) is 14.4 Å². The van der Waals surface area contributed by atoms with Gasteiger partial charge in [0.2, 0.25) is 18.2 Å². The minimum Gasteiger partial charge on any atom is -0.347 e. The van der Waals surface area contributed by atoms with Crippen LogP contribution in [0.4, 0.5) is 0 Å². The third-order valence-corrected chi connectivity index (χ3v) is 3.50. The normalized spacial score (nSPS) is 14.1. The molecule has 0 aromatic carbocycles. The number of hydrogen-bond donors (Lipinski definition) is 2. The lowest BCUT2D eigenvalue weighted by molar-refractivity contribution is -0.155. The van der Waals surface area contributed by atoms with Gasteiger partial charge in [0.1, 0.15) is 6.04 Å². The lowest BCUT2D eigenvalue weighted by Crippen LogP contribution is -2.55. The molecule has 0 rings (SSSR count). The molecule has 0 aliphatic rings. The van der Waals surface area contributed by atoms with Crippen molar-refractivity contribution < 1.29 is 19.6 Å². The molecule has 0 fully saturated rings. The third-order valence-electron chi connectivity index (χ3n) is 3.50. The SMILES string of the molecule is CC(C)CC(CN(O)C=O)C(=O)N[C@H](C(=O)N(C)C)C(C)(C)C. The van der Waals surface area contributed by atoms with Crippen molar-refractivity contribution in [3.8, 4) is 0 Å². The second kappa shape index (κ2) is 8.86. The minimum absolute atomic E-state index is 0.0967. The van der Waals surface area contributed by atoms with Crippen molar-refractivity contribution in [2.45, 2.75) is 47.1 Å². The second-order valence-electron chi connectivity index (χ2n) is 7.59. The van der Waals surface area contributed by atoms with Gasteiger partial charge in [-0.05, 0) is 17.8 Å². The van der Waals surface area contributed by atoms with Crippen LogP contribution in [0.15, 0.2) is 0 Å². The Bertz CT molecular complexity index is 416. The minimum atomic E-state index is -0.678. The van der Waals surface area contributed by atoms with E-state index in [0.29, 0.717) is 11.5 Å². The van der Waals surface area contributed by atoms with E-state index < -0.39 is 17.4 Å². The molecule has 3 amide bonds. The van der Waals surface area contributed by atoms with Gasteiger partial charge in [-0.25, -0.2) is 5.06 Å². The van der Waals surface area contributed by atoms with Crippen molar-refractivity contribution in [2.75, 3.05) is 20.6 Å². The monoisotopic (exact) mass is 329 g/mol. The molecule has 1 unspecified atom stereocenters. The Morgan fingerprint density at radius 2 is 1.74 bits per heavy atom. The maximum absolute atomic E-state index is 12.6. The second-order valence-corrected chi connectivity index (χ2v) is 7.59. The molecule has 134 valence electrons. The van der Waals surface area contributed by atoms with Crippen LogP contribution in [-0.4, -0.2) is 60.1 Å². The predicted octanol–water partition coefficient (Wildman–Crippen LogP) is 1.12. The van der Waals surface area contributed by atoms with Crippen LogP contribution in [0.5, 0.6) is 0 Å². The molecule has 0 aliphatic carbocycles. The van der Waals surface area contributed by atoms with Crippen molar-refractivity contribution in [1.29, 1.82) is 0 Å². The number of nitrogens with zero attached hydrogens (tertiary/aromatic N) is 2. The first-order chi connectivity index (χ1) is 10.4. The van der Waals surface area contributed by atoms with Crippen molar-refractivity contribution in [1.82, 2.24) is 15.3 Å². The van der Waals surface area contributed by atoms with Crippen LogP contribution in [0.25, 0.3) is 0 Å². The summed E-state index contributed by atoms with van der Waals surface area (Å²) in [6.07, 6.45) is 0.774. The Kier molecular flexibility index (Phi) is 8.23. The number of carbonyl (C=O) groups excluding carboxylic acids is 3. The number of amides is 3. The molecule has 0 aliphatic heterocycles. The summed E-state index contributed by atoms with van der Waals surface area (Å²) in [5.74, 6) is -0.895. The first-order valence-corrected chi connectivity index (χ1v) is 7.82. The van der Waals surface area contributed by atoms with Gasteiger partial charge in [-0.15, -0.1) is 0 Å². The van der Waals surface area contributed by atoms with Crippen LogP contribution in [0.2, 0.25) is 0 Å². The molecule has 0 aromatic rings. The van der Waals surface area contributed by atoms with E-state index in [1.54, 1.807) is 14.1 Å². The summed E-state index contributed by atoms with van der Waals surface area (Å²) in [6.45, 7) is 9.44. The fraction of sp³-hybridized carbons (Fsp3) is 0.812. The van der Waals surface area contributed by atoms with E-state index in [2.05, 4.69) is 5.32 Å². The summed E-state index contributed by atoms with van der Waals surface area (Å²) < 4.78 is 0. The summed E-state index contributed by atoms with van der Waals surface area (Å²) in [4.78, 5) is 37.0. The molecule has 2 atom stereocenters. The van der Waals surface area contributed by atoms with Gasteiger partial charge in [0.15, 0.2) is 0 Å². The summed E-state index contributed by atoms with van der Waals surface area (Å²) in [6, 6.07) is -0.678. The first-order valence-electron chi connectivity index (χ1n) is 7.82. The van der Waals surface area contributed by atoms with E-state index in [0.717, 1.165) is 0 Å². The van der Waals surface area contributed by atoms with E-state index in [1.165, 1.54) is 4.90 Å². The van der Waals surface area contributed by atoms with Crippen molar-refractivity contribution in [3.05, 3.63) is 0 Å². The van der Waals surface area contributed by atoms with Gasteiger partial charge in [0, 0.05) is 14.1 Å². The highest BCUT2D eigenvalue weighted by atomic mass is 16.5. The molecule has 2 N–H and O–H groups in total. The zero-order valence-corrected chi connectivity index (χ0v) is 15.3.